The van der Waals surface area contributed by atoms with Gasteiger partial charge in [-0.15, -0.1) is 0 Å². The zero-order valence-electron chi connectivity index (χ0n) is 16.8. The number of aromatic nitrogens is 3. The third kappa shape index (κ3) is 3.12. The third-order valence-electron chi connectivity index (χ3n) is 5.47. The highest BCUT2D eigenvalue weighted by Gasteiger charge is 2.17. The standard InChI is InChI=1S/C24H18ClN3O3/c1-28-12-26-19-7-6-13(9-21(19)28)16-10-17-20(11-18(16)25)27-24(30)22(23(17)29)14-4-3-5-15(8-14)31-2/h3-12H,1-2H3,(H2,27,29,30). The molecule has 0 atom stereocenters. The Bertz CT molecular complexity index is 1540. The molecule has 0 aliphatic heterocycles. The minimum absolute atomic E-state index is 0.105. The van der Waals surface area contributed by atoms with Crippen LogP contribution in [0.15, 0.2) is 65.7 Å². The van der Waals surface area contributed by atoms with Gasteiger partial charge >= 0.3 is 0 Å². The summed E-state index contributed by atoms with van der Waals surface area (Å²) in [5, 5.41) is 12.0. The lowest BCUT2D eigenvalue weighted by Crippen LogP contribution is -2.09. The van der Waals surface area contributed by atoms with Crippen LogP contribution in [0.5, 0.6) is 11.5 Å². The van der Waals surface area contributed by atoms with Crippen LogP contribution < -0.4 is 10.3 Å². The van der Waals surface area contributed by atoms with Crippen molar-refractivity contribution in [3.63, 3.8) is 0 Å². The van der Waals surface area contributed by atoms with E-state index in [9.17, 15) is 9.90 Å². The number of fused-ring (bicyclic) bond motifs is 2. The normalized spacial score (nSPS) is 11.3. The number of aryl methyl sites for hydroxylation is 1. The molecule has 5 rings (SSSR count). The number of hydrogen-bond acceptors (Lipinski definition) is 4. The van der Waals surface area contributed by atoms with Gasteiger partial charge in [-0.3, -0.25) is 4.79 Å². The number of aromatic amines is 1. The van der Waals surface area contributed by atoms with Gasteiger partial charge in [-0.05, 0) is 47.5 Å². The van der Waals surface area contributed by atoms with Gasteiger partial charge in [-0.25, -0.2) is 4.98 Å². The number of H-pyrrole nitrogens is 1. The summed E-state index contributed by atoms with van der Waals surface area (Å²) in [7, 11) is 3.48. The molecular formula is C24H18ClN3O3. The van der Waals surface area contributed by atoms with Crippen molar-refractivity contribution < 1.29 is 9.84 Å². The molecule has 0 aliphatic carbocycles. The molecule has 0 radical (unpaired) electrons. The fourth-order valence-corrected chi connectivity index (χ4v) is 4.13. The molecule has 0 unspecified atom stereocenters. The zero-order valence-corrected chi connectivity index (χ0v) is 17.6. The van der Waals surface area contributed by atoms with E-state index in [1.54, 1.807) is 49.8 Å². The van der Waals surface area contributed by atoms with E-state index in [0.29, 0.717) is 27.2 Å². The summed E-state index contributed by atoms with van der Waals surface area (Å²) < 4.78 is 7.19. The van der Waals surface area contributed by atoms with Crippen LogP contribution in [0.2, 0.25) is 5.02 Å². The highest BCUT2D eigenvalue weighted by molar-refractivity contribution is 6.34. The first-order valence-corrected chi connectivity index (χ1v) is 9.98. The fourth-order valence-electron chi connectivity index (χ4n) is 3.86. The first-order valence-electron chi connectivity index (χ1n) is 9.60. The predicted molar refractivity (Wildman–Crippen MR) is 123 cm³/mol. The van der Waals surface area contributed by atoms with Gasteiger partial charge < -0.3 is 19.4 Å². The molecule has 0 spiro atoms. The maximum absolute atomic E-state index is 12.8. The van der Waals surface area contributed by atoms with Crippen LogP contribution in [-0.4, -0.2) is 26.8 Å². The van der Waals surface area contributed by atoms with E-state index in [1.165, 1.54) is 0 Å². The molecule has 6 nitrogen and oxygen atoms in total. The fraction of sp³-hybridized carbons (Fsp3) is 0.0833. The molecular weight excluding hydrogens is 414 g/mol. The van der Waals surface area contributed by atoms with Crippen LogP contribution >= 0.6 is 11.6 Å². The van der Waals surface area contributed by atoms with Gasteiger partial charge in [0.05, 0.1) is 40.6 Å². The van der Waals surface area contributed by atoms with Crippen molar-refractivity contribution in [2.45, 2.75) is 0 Å². The highest BCUT2D eigenvalue weighted by atomic mass is 35.5. The number of rotatable bonds is 3. The van der Waals surface area contributed by atoms with Crippen LogP contribution in [0, 0.1) is 0 Å². The van der Waals surface area contributed by atoms with Crippen molar-refractivity contribution in [3.8, 4) is 33.8 Å². The largest absolute Gasteiger partial charge is 0.506 e. The number of ether oxygens (including phenoxy) is 1. The quantitative estimate of drug-likeness (QED) is 0.415. The molecule has 0 saturated carbocycles. The number of hydrogen-bond donors (Lipinski definition) is 2. The molecule has 2 heterocycles. The molecule has 0 fully saturated rings. The molecule has 154 valence electrons. The second-order valence-corrected chi connectivity index (χ2v) is 7.75. The van der Waals surface area contributed by atoms with E-state index >= 15 is 0 Å². The zero-order chi connectivity index (χ0) is 21.7. The average Bonchev–Trinajstić information content (AvgIpc) is 3.13. The van der Waals surface area contributed by atoms with Crippen LogP contribution in [-0.2, 0) is 7.05 Å². The van der Waals surface area contributed by atoms with E-state index < -0.39 is 5.56 Å². The molecule has 5 aromatic rings. The van der Waals surface area contributed by atoms with Crippen molar-refractivity contribution in [1.82, 2.24) is 14.5 Å². The molecule has 0 saturated heterocycles. The molecule has 0 bridgehead atoms. The maximum atomic E-state index is 12.8. The van der Waals surface area contributed by atoms with Gasteiger partial charge in [0.2, 0.25) is 0 Å². The van der Waals surface area contributed by atoms with Crippen LogP contribution in [0.4, 0.5) is 0 Å². The molecule has 0 aliphatic rings. The van der Waals surface area contributed by atoms with Gasteiger partial charge in [0, 0.05) is 18.0 Å². The number of nitrogens with one attached hydrogen (secondary N) is 1. The second kappa shape index (κ2) is 7.18. The number of aromatic hydroxyl groups is 1. The topological polar surface area (TPSA) is 80.1 Å². The van der Waals surface area contributed by atoms with Gasteiger partial charge in [-0.2, -0.15) is 0 Å². The minimum Gasteiger partial charge on any atom is -0.506 e. The first kappa shape index (κ1) is 19.2. The first-order chi connectivity index (χ1) is 15.0. The number of benzene rings is 3. The van der Waals surface area contributed by atoms with Gasteiger partial charge in [0.15, 0.2) is 0 Å². The summed E-state index contributed by atoms with van der Waals surface area (Å²) in [6.07, 6.45) is 1.76. The minimum atomic E-state index is -0.404. The van der Waals surface area contributed by atoms with E-state index in [2.05, 4.69) is 9.97 Å². The monoisotopic (exact) mass is 431 g/mol. The Morgan fingerprint density at radius 1 is 1.10 bits per heavy atom. The molecule has 31 heavy (non-hydrogen) atoms. The van der Waals surface area contributed by atoms with E-state index in [1.807, 2.05) is 29.8 Å². The molecule has 3 aromatic carbocycles. The summed E-state index contributed by atoms with van der Waals surface area (Å²) in [5.41, 5.74) is 4.29. The smallest absolute Gasteiger partial charge is 0.260 e. The Morgan fingerprint density at radius 2 is 1.94 bits per heavy atom. The predicted octanol–water partition coefficient (Wildman–Crippen LogP) is 5.12. The molecule has 7 heteroatoms. The Kier molecular flexibility index (Phi) is 4.45. The Balaban J connectivity index is 1.75. The van der Waals surface area contributed by atoms with Crippen LogP contribution in [0.1, 0.15) is 0 Å². The Labute approximate surface area is 182 Å². The van der Waals surface area contributed by atoms with Crippen LogP contribution in [0.25, 0.3) is 44.2 Å². The number of pyridine rings is 1. The van der Waals surface area contributed by atoms with Crippen molar-refractivity contribution in [3.05, 3.63) is 76.3 Å². The van der Waals surface area contributed by atoms with Gasteiger partial charge in [0.1, 0.15) is 11.5 Å². The summed E-state index contributed by atoms with van der Waals surface area (Å²) in [6.45, 7) is 0. The maximum Gasteiger partial charge on any atom is 0.260 e. The summed E-state index contributed by atoms with van der Waals surface area (Å²) in [5.74, 6) is 0.490. The molecule has 0 amide bonds. The Hall–Kier alpha value is -3.77. The van der Waals surface area contributed by atoms with Crippen molar-refractivity contribution in [2.75, 3.05) is 7.11 Å². The number of imidazole rings is 1. The third-order valence-corrected chi connectivity index (χ3v) is 5.78. The average molecular weight is 432 g/mol. The highest BCUT2D eigenvalue weighted by Crippen LogP contribution is 2.39. The number of halogens is 1. The van der Waals surface area contributed by atoms with Gasteiger partial charge in [0.25, 0.3) is 5.56 Å². The summed E-state index contributed by atoms with van der Waals surface area (Å²) in [6, 6.07) is 16.3. The van der Waals surface area contributed by atoms with Crippen molar-refractivity contribution >= 4 is 33.5 Å². The van der Waals surface area contributed by atoms with Crippen LogP contribution in [0.3, 0.4) is 0 Å². The molecule has 2 aromatic heterocycles. The van der Waals surface area contributed by atoms with Gasteiger partial charge in [-0.1, -0.05) is 29.8 Å². The van der Waals surface area contributed by atoms with E-state index in [0.717, 1.165) is 22.2 Å². The lowest BCUT2D eigenvalue weighted by Gasteiger charge is -2.12. The van der Waals surface area contributed by atoms with Crippen molar-refractivity contribution in [1.29, 1.82) is 0 Å². The number of nitrogens with zero attached hydrogens (tertiary/aromatic N) is 2. The second-order valence-electron chi connectivity index (χ2n) is 7.35. The van der Waals surface area contributed by atoms with Crippen molar-refractivity contribution in [2.24, 2.45) is 7.05 Å². The SMILES string of the molecule is COc1cccc(-c2c(O)c3cc(-c4ccc5ncn(C)c5c4)c(Cl)cc3[nH]c2=O)c1. The summed E-state index contributed by atoms with van der Waals surface area (Å²) >= 11 is 6.56. The van der Waals surface area contributed by atoms with E-state index in [-0.39, 0.29) is 11.3 Å². The molecule has 2 N–H and O–H groups in total. The number of methoxy groups -OCH3 is 1. The Morgan fingerprint density at radius 3 is 2.74 bits per heavy atom. The van der Waals surface area contributed by atoms with E-state index in [4.69, 9.17) is 16.3 Å². The lowest BCUT2D eigenvalue weighted by atomic mass is 9.99. The summed E-state index contributed by atoms with van der Waals surface area (Å²) in [4.78, 5) is 19.9. The lowest BCUT2D eigenvalue weighted by molar-refractivity contribution is 0.415.